The molecule has 1 aliphatic rings. The maximum Gasteiger partial charge on any atom is 0.0346 e. The van der Waals surface area contributed by atoms with Gasteiger partial charge in [-0.15, -0.1) is 11.3 Å². The summed E-state index contributed by atoms with van der Waals surface area (Å²) in [5, 5.41) is 4.93. The van der Waals surface area contributed by atoms with E-state index in [1.54, 1.807) is 0 Å². The Morgan fingerprint density at radius 1 is 1.17 bits per heavy atom. The number of nitrogens with one attached hydrogen (secondary N) is 1. The minimum absolute atomic E-state index is 1.01. The molecule has 1 fully saturated rings. The molecule has 1 saturated heterocycles. The van der Waals surface area contributed by atoms with Gasteiger partial charge in [-0.3, -0.25) is 0 Å². The van der Waals surface area contributed by atoms with Crippen molar-refractivity contribution in [2.24, 2.45) is 0 Å². The third-order valence-electron chi connectivity index (χ3n) is 3.58. The molecule has 1 N–H and O–H groups in total. The standard InChI is InChI=1S/C15H20N2S/c1-2-6-15-13(5-1)11-14(18-15)12-16-7-10-17-8-3-4-9-17/h1-2,5-6,11,16H,3-4,7-10,12H2. The van der Waals surface area contributed by atoms with E-state index in [2.05, 4.69) is 40.5 Å². The monoisotopic (exact) mass is 260 g/mol. The molecule has 1 aliphatic heterocycles. The predicted molar refractivity (Wildman–Crippen MR) is 79.2 cm³/mol. The van der Waals surface area contributed by atoms with Gasteiger partial charge in [0.15, 0.2) is 0 Å². The fraction of sp³-hybridized carbons (Fsp3) is 0.467. The van der Waals surface area contributed by atoms with Crippen LogP contribution in [0.4, 0.5) is 0 Å². The van der Waals surface area contributed by atoms with Gasteiger partial charge in [0.2, 0.25) is 0 Å². The van der Waals surface area contributed by atoms with Crippen molar-refractivity contribution in [3.05, 3.63) is 35.2 Å². The summed E-state index contributed by atoms with van der Waals surface area (Å²) in [5.74, 6) is 0. The Kier molecular flexibility index (Phi) is 3.93. The lowest BCUT2D eigenvalue weighted by molar-refractivity contribution is 0.336. The van der Waals surface area contributed by atoms with Crippen LogP contribution in [-0.2, 0) is 6.54 Å². The minimum atomic E-state index is 1.01. The molecule has 0 radical (unpaired) electrons. The highest BCUT2D eigenvalue weighted by Crippen LogP contribution is 2.24. The second-order valence-corrected chi connectivity index (χ2v) is 6.14. The van der Waals surface area contributed by atoms with Crippen LogP contribution in [0.1, 0.15) is 17.7 Å². The number of likely N-dealkylation sites (tertiary alicyclic amines) is 1. The highest BCUT2D eigenvalue weighted by Gasteiger charge is 2.10. The Balaban J connectivity index is 1.47. The summed E-state index contributed by atoms with van der Waals surface area (Å²) >= 11 is 1.90. The maximum atomic E-state index is 3.56. The van der Waals surface area contributed by atoms with Gasteiger partial charge in [-0.2, -0.15) is 0 Å². The molecule has 1 aromatic carbocycles. The van der Waals surface area contributed by atoms with Crippen molar-refractivity contribution in [1.29, 1.82) is 0 Å². The van der Waals surface area contributed by atoms with Crippen molar-refractivity contribution in [1.82, 2.24) is 10.2 Å². The average molecular weight is 260 g/mol. The Labute approximate surface area is 113 Å². The van der Waals surface area contributed by atoms with Crippen LogP contribution in [0.2, 0.25) is 0 Å². The van der Waals surface area contributed by atoms with Gasteiger partial charge < -0.3 is 10.2 Å². The molecular weight excluding hydrogens is 240 g/mol. The van der Waals surface area contributed by atoms with E-state index in [-0.39, 0.29) is 0 Å². The van der Waals surface area contributed by atoms with Gasteiger partial charge in [-0.25, -0.2) is 0 Å². The van der Waals surface area contributed by atoms with Crippen molar-refractivity contribution in [2.75, 3.05) is 26.2 Å². The van der Waals surface area contributed by atoms with E-state index in [4.69, 9.17) is 0 Å². The molecular formula is C15H20N2S. The fourth-order valence-corrected chi connectivity index (χ4v) is 3.61. The quantitative estimate of drug-likeness (QED) is 0.831. The number of fused-ring (bicyclic) bond motifs is 1. The van der Waals surface area contributed by atoms with Crippen molar-refractivity contribution in [3.8, 4) is 0 Å². The van der Waals surface area contributed by atoms with Crippen LogP contribution in [0.5, 0.6) is 0 Å². The van der Waals surface area contributed by atoms with Gasteiger partial charge in [0.1, 0.15) is 0 Å². The normalized spacial score (nSPS) is 16.7. The first kappa shape index (κ1) is 12.2. The van der Waals surface area contributed by atoms with Gasteiger partial charge >= 0.3 is 0 Å². The molecule has 18 heavy (non-hydrogen) atoms. The van der Waals surface area contributed by atoms with Crippen molar-refractivity contribution < 1.29 is 0 Å². The number of benzene rings is 1. The van der Waals surface area contributed by atoms with E-state index in [1.807, 2.05) is 11.3 Å². The third kappa shape index (κ3) is 2.91. The first-order valence-electron chi connectivity index (χ1n) is 6.82. The topological polar surface area (TPSA) is 15.3 Å². The summed E-state index contributed by atoms with van der Waals surface area (Å²) in [6, 6.07) is 10.9. The highest BCUT2D eigenvalue weighted by molar-refractivity contribution is 7.19. The SMILES string of the molecule is c1ccc2sc(CNCCN3CCCC3)cc2c1. The number of hydrogen-bond acceptors (Lipinski definition) is 3. The molecule has 96 valence electrons. The van der Waals surface area contributed by atoms with Gasteiger partial charge in [0.05, 0.1) is 0 Å². The Bertz CT molecular complexity index is 467. The summed E-state index contributed by atoms with van der Waals surface area (Å²) < 4.78 is 1.40. The number of rotatable bonds is 5. The van der Waals surface area contributed by atoms with E-state index in [0.29, 0.717) is 0 Å². The smallest absolute Gasteiger partial charge is 0.0346 e. The van der Waals surface area contributed by atoms with Gasteiger partial charge in [-0.1, -0.05) is 18.2 Å². The minimum Gasteiger partial charge on any atom is -0.311 e. The van der Waals surface area contributed by atoms with Crippen molar-refractivity contribution >= 4 is 21.4 Å². The van der Waals surface area contributed by atoms with Crippen LogP contribution in [0.3, 0.4) is 0 Å². The third-order valence-corrected chi connectivity index (χ3v) is 4.70. The number of nitrogens with zero attached hydrogens (tertiary/aromatic N) is 1. The summed E-state index contributed by atoms with van der Waals surface area (Å²) in [6.07, 6.45) is 2.77. The number of hydrogen-bond donors (Lipinski definition) is 1. The van der Waals surface area contributed by atoms with Crippen molar-refractivity contribution in [2.45, 2.75) is 19.4 Å². The maximum absolute atomic E-state index is 3.56. The molecule has 2 nitrogen and oxygen atoms in total. The highest BCUT2D eigenvalue weighted by atomic mass is 32.1. The summed E-state index contributed by atoms with van der Waals surface area (Å²) in [6.45, 7) is 5.90. The second-order valence-electron chi connectivity index (χ2n) is 4.98. The average Bonchev–Trinajstić information content (AvgIpc) is 3.03. The van der Waals surface area contributed by atoms with E-state index < -0.39 is 0 Å². The van der Waals surface area contributed by atoms with Crippen LogP contribution in [-0.4, -0.2) is 31.1 Å². The molecule has 0 saturated carbocycles. The van der Waals surface area contributed by atoms with Crippen LogP contribution in [0, 0.1) is 0 Å². The first-order valence-corrected chi connectivity index (χ1v) is 7.64. The lowest BCUT2D eigenvalue weighted by Crippen LogP contribution is -2.29. The Morgan fingerprint density at radius 2 is 2.00 bits per heavy atom. The Hall–Kier alpha value is -0.900. The summed E-state index contributed by atoms with van der Waals surface area (Å²) in [7, 11) is 0. The van der Waals surface area contributed by atoms with Gasteiger partial charge in [-0.05, 0) is 43.5 Å². The second kappa shape index (κ2) is 5.83. The van der Waals surface area contributed by atoms with E-state index in [1.165, 1.54) is 47.4 Å². The van der Waals surface area contributed by atoms with Crippen LogP contribution < -0.4 is 5.32 Å². The van der Waals surface area contributed by atoms with Crippen molar-refractivity contribution in [3.63, 3.8) is 0 Å². The molecule has 0 amide bonds. The molecule has 3 rings (SSSR count). The molecule has 0 atom stereocenters. The summed E-state index contributed by atoms with van der Waals surface area (Å²) in [5.41, 5.74) is 0. The molecule has 0 spiro atoms. The summed E-state index contributed by atoms with van der Waals surface area (Å²) in [4.78, 5) is 4.00. The zero-order valence-electron chi connectivity index (χ0n) is 10.7. The first-order chi connectivity index (χ1) is 8.92. The molecule has 0 bridgehead atoms. The lowest BCUT2D eigenvalue weighted by Gasteiger charge is -2.14. The zero-order chi connectivity index (χ0) is 12.2. The molecule has 1 aromatic heterocycles. The molecule has 0 aliphatic carbocycles. The molecule has 3 heteroatoms. The molecule has 2 heterocycles. The molecule has 0 unspecified atom stereocenters. The lowest BCUT2D eigenvalue weighted by atomic mass is 10.2. The van der Waals surface area contributed by atoms with Gasteiger partial charge in [0, 0.05) is 29.2 Å². The largest absolute Gasteiger partial charge is 0.311 e. The van der Waals surface area contributed by atoms with Gasteiger partial charge in [0.25, 0.3) is 0 Å². The molecule has 2 aromatic rings. The number of thiophene rings is 1. The predicted octanol–water partition coefficient (Wildman–Crippen LogP) is 3.09. The van der Waals surface area contributed by atoms with E-state index in [9.17, 15) is 0 Å². The fourth-order valence-electron chi connectivity index (χ4n) is 2.58. The van der Waals surface area contributed by atoms with Crippen LogP contribution in [0.15, 0.2) is 30.3 Å². The van der Waals surface area contributed by atoms with E-state index in [0.717, 1.165) is 13.1 Å². The van der Waals surface area contributed by atoms with Crippen LogP contribution >= 0.6 is 11.3 Å². The zero-order valence-corrected chi connectivity index (χ0v) is 11.5. The van der Waals surface area contributed by atoms with E-state index >= 15 is 0 Å². The van der Waals surface area contributed by atoms with Crippen LogP contribution in [0.25, 0.3) is 10.1 Å². The Morgan fingerprint density at radius 3 is 2.83 bits per heavy atom.